The zero-order chi connectivity index (χ0) is 40.2. The quantitative estimate of drug-likeness (QED) is 0.157. The summed E-state index contributed by atoms with van der Waals surface area (Å²) in [5, 5.41) is 36.6. The highest BCUT2D eigenvalue weighted by atomic mass is 16.3. The molecule has 0 spiro atoms. The van der Waals surface area contributed by atoms with E-state index in [-0.39, 0.29) is 35.4 Å². The molecule has 57 heavy (non-hydrogen) atoms. The van der Waals surface area contributed by atoms with Crippen LogP contribution in [0.25, 0.3) is 0 Å². The molecular formula is C51H57N3O3. The van der Waals surface area contributed by atoms with E-state index in [1.54, 1.807) is 0 Å². The van der Waals surface area contributed by atoms with Crippen LogP contribution >= 0.6 is 0 Å². The van der Waals surface area contributed by atoms with Gasteiger partial charge in [0, 0.05) is 90.8 Å². The van der Waals surface area contributed by atoms with E-state index >= 15 is 0 Å². The van der Waals surface area contributed by atoms with Crippen molar-refractivity contribution in [3.63, 3.8) is 0 Å². The lowest BCUT2D eigenvalue weighted by molar-refractivity contribution is 0.177. The zero-order valence-electron chi connectivity index (χ0n) is 34.3. The maximum atomic E-state index is 12.2. The molecule has 1 aliphatic heterocycles. The molecule has 6 bridgehead atoms. The first-order valence-electron chi connectivity index (χ1n) is 20.3. The fourth-order valence-corrected chi connectivity index (χ4v) is 8.66. The Balaban J connectivity index is 1.41. The smallest absolute Gasteiger partial charge is 0.124 e. The van der Waals surface area contributed by atoms with Gasteiger partial charge in [0.1, 0.15) is 17.2 Å². The van der Waals surface area contributed by atoms with Gasteiger partial charge in [-0.1, -0.05) is 144 Å². The SMILES string of the molecule is Cc1cc2c(O)c(c1)CN([C@@H](C)c1ccccc1)Cc1cc(C)cc(c1O)CN([C@@H](C)c1ccccc1)Cc1cc(C)cc(c1O)CN([C@@H](C)c1ccccc1)C2. The minimum Gasteiger partial charge on any atom is -0.507 e. The normalized spacial score (nSPS) is 16.3. The van der Waals surface area contributed by atoms with Gasteiger partial charge in [0.05, 0.1) is 0 Å². The van der Waals surface area contributed by atoms with Crippen LogP contribution in [0.3, 0.4) is 0 Å². The van der Waals surface area contributed by atoms with Gasteiger partial charge in [0.25, 0.3) is 0 Å². The van der Waals surface area contributed by atoms with Gasteiger partial charge in [0.15, 0.2) is 0 Å². The Bertz CT molecular complexity index is 1950. The number of nitrogens with zero attached hydrogens (tertiary/aromatic N) is 3. The van der Waals surface area contributed by atoms with Crippen molar-refractivity contribution in [3.8, 4) is 17.2 Å². The monoisotopic (exact) mass is 759 g/mol. The van der Waals surface area contributed by atoms with Crippen LogP contribution in [-0.4, -0.2) is 30.0 Å². The predicted molar refractivity (Wildman–Crippen MR) is 231 cm³/mol. The van der Waals surface area contributed by atoms with Crippen LogP contribution in [0.2, 0.25) is 0 Å². The molecule has 0 radical (unpaired) electrons. The Labute approximate surface area is 339 Å². The second-order valence-electron chi connectivity index (χ2n) is 16.3. The summed E-state index contributed by atoms with van der Waals surface area (Å²) >= 11 is 0. The molecule has 1 heterocycles. The Kier molecular flexibility index (Phi) is 12.2. The molecule has 0 saturated carbocycles. The number of phenols is 3. The van der Waals surface area contributed by atoms with Crippen LogP contribution in [0.5, 0.6) is 17.2 Å². The van der Waals surface area contributed by atoms with Crippen LogP contribution in [-0.2, 0) is 39.3 Å². The van der Waals surface area contributed by atoms with E-state index in [1.165, 1.54) is 16.7 Å². The highest BCUT2D eigenvalue weighted by molar-refractivity contribution is 5.47. The van der Waals surface area contributed by atoms with Crippen molar-refractivity contribution in [3.05, 3.63) is 194 Å². The minimum absolute atomic E-state index is 0.0102. The molecular weight excluding hydrogens is 703 g/mol. The first-order valence-corrected chi connectivity index (χ1v) is 20.3. The van der Waals surface area contributed by atoms with Gasteiger partial charge in [0.2, 0.25) is 0 Å². The Morgan fingerprint density at radius 1 is 0.351 bits per heavy atom. The highest BCUT2D eigenvalue weighted by Gasteiger charge is 2.27. The van der Waals surface area contributed by atoms with Crippen LogP contribution in [0.1, 0.15) is 106 Å². The van der Waals surface area contributed by atoms with E-state index in [4.69, 9.17) is 0 Å². The van der Waals surface area contributed by atoms with Gasteiger partial charge in [-0.15, -0.1) is 0 Å². The van der Waals surface area contributed by atoms with Crippen molar-refractivity contribution in [2.24, 2.45) is 0 Å². The van der Waals surface area contributed by atoms with Gasteiger partial charge in [-0.3, -0.25) is 14.7 Å². The molecule has 7 rings (SSSR count). The van der Waals surface area contributed by atoms with E-state index in [9.17, 15) is 15.3 Å². The number of hydrogen-bond donors (Lipinski definition) is 3. The number of aromatic hydroxyl groups is 3. The molecule has 6 aromatic carbocycles. The molecule has 6 heteroatoms. The van der Waals surface area contributed by atoms with Crippen molar-refractivity contribution in [1.82, 2.24) is 14.7 Å². The third kappa shape index (κ3) is 9.10. The molecule has 0 amide bonds. The lowest BCUT2D eigenvalue weighted by Gasteiger charge is -2.34. The van der Waals surface area contributed by atoms with Gasteiger partial charge in [-0.05, 0) is 58.2 Å². The molecule has 0 fully saturated rings. The van der Waals surface area contributed by atoms with Crippen molar-refractivity contribution in [2.45, 2.75) is 98.9 Å². The Morgan fingerprint density at radius 2 is 0.544 bits per heavy atom. The first kappa shape index (κ1) is 39.8. The summed E-state index contributed by atoms with van der Waals surface area (Å²) in [5.74, 6) is 0.850. The summed E-state index contributed by atoms with van der Waals surface area (Å²) in [5.41, 5.74) is 11.8. The third-order valence-corrected chi connectivity index (χ3v) is 12.0. The van der Waals surface area contributed by atoms with Crippen LogP contribution in [0.4, 0.5) is 0 Å². The average Bonchev–Trinajstić information content (AvgIpc) is 3.21. The van der Waals surface area contributed by atoms with Crippen LogP contribution < -0.4 is 0 Å². The molecule has 3 N–H and O–H groups in total. The molecule has 6 nitrogen and oxygen atoms in total. The second kappa shape index (κ2) is 17.4. The molecule has 0 saturated heterocycles. The van der Waals surface area contributed by atoms with E-state index in [1.807, 2.05) is 18.2 Å². The number of fused-ring (bicyclic) bond motifs is 6. The van der Waals surface area contributed by atoms with Crippen molar-refractivity contribution in [1.29, 1.82) is 0 Å². The fraction of sp³-hybridized carbons (Fsp3) is 0.294. The number of rotatable bonds is 6. The van der Waals surface area contributed by atoms with Gasteiger partial charge < -0.3 is 15.3 Å². The average molecular weight is 760 g/mol. The van der Waals surface area contributed by atoms with Gasteiger partial charge >= 0.3 is 0 Å². The summed E-state index contributed by atoms with van der Waals surface area (Å²) in [6, 6.07) is 43.9. The topological polar surface area (TPSA) is 70.4 Å². The predicted octanol–water partition coefficient (Wildman–Crippen LogP) is 11.3. The van der Waals surface area contributed by atoms with E-state index in [2.05, 4.69) is 165 Å². The number of phenolic OH excluding ortho intramolecular Hbond substituents is 3. The van der Waals surface area contributed by atoms with E-state index in [0.717, 1.165) is 50.1 Å². The number of hydrogen-bond acceptors (Lipinski definition) is 6. The van der Waals surface area contributed by atoms with Crippen molar-refractivity contribution < 1.29 is 15.3 Å². The zero-order valence-corrected chi connectivity index (χ0v) is 34.3. The van der Waals surface area contributed by atoms with E-state index < -0.39 is 0 Å². The molecule has 0 unspecified atom stereocenters. The van der Waals surface area contributed by atoms with Crippen LogP contribution in [0, 0.1) is 20.8 Å². The highest BCUT2D eigenvalue weighted by Crippen LogP contribution is 2.38. The lowest BCUT2D eigenvalue weighted by atomic mass is 9.97. The summed E-state index contributed by atoms with van der Waals surface area (Å²) in [6.45, 7) is 15.8. The molecule has 6 aromatic rings. The summed E-state index contributed by atoms with van der Waals surface area (Å²) in [7, 11) is 0. The standard InChI is InChI=1S/C51H57N3O3/c1-34-22-43-28-52(37(4)40-16-10-7-11-17-40)30-45-24-35(2)26-47(50(45)56)32-54(39(6)42-20-14-9-15-21-42)33-48-27-36(3)25-46(51(48)57)31-53(29-44(23-34)49(43)55)38(5)41-18-12-8-13-19-41/h7-27,37-39,55-57H,28-33H2,1-6H3/t37-,38-,39-/m0/s1. The summed E-state index contributed by atoms with van der Waals surface area (Å²) < 4.78 is 0. The largest absolute Gasteiger partial charge is 0.507 e. The number of aryl methyl sites for hydroxylation is 3. The minimum atomic E-state index is -0.0102. The molecule has 0 aromatic heterocycles. The first-order chi connectivity index (χ1) is 27.4. The summed E-state index contributed by atoms with van der Waals surface area (Å²) in [6.07, 6.45) is 0. The maximum absolute atomic E-state index is 12.2. The summed E-state index contributed by atoms with van der Waals surface area (Å²) in [4.78, 5) is 7.07. The lowest BCUT2D eigenvalue weighted by Crippen LogP contribution is -2.29. The van der Waals surface area contributed by atoms with Crippen molar-refractivity contribution >= 4 is 0 Å². The maximum Gasteiger partial charge on any atom is 0.124 e. The fourth-order valence-electron chi connectivity index (χ4n) is 8.66. The third-order valence-electron chi connectivity index (χ3n) is 12.0. The van der Waals surface area contributed by atoms with Crippen molar-refractivity contribution in [2.75, 3.05) is 0 Å². The Morgan fingerprint density at radius 3 is 0.737 bits per heavy atom. The molecule has 294 valence electrons. The molecule has 0 aliphatic carbocycles. The number of benzene rings is 6. The molecule has 1 aliphatic rings. The Hall–Kier alpha value is -5.40. The van der Waals surface area contributed by atoms with E-state index in [0.29, 0.717) is 39.3 Å². The molecule has 3 atom stereocenters. The van der Waals surface area contributed by atoms with Crippen LogP contribution in [0.15, 0.2) is 127 Å². The van der Waals surface area contributed by atoms with Gasteiger partial charge in [-0.2, -0.15) is 0 Å². The second-order valence-corrected chi connectivity index (χ2v) is 16.3. The van der Waals surface area contributed by atoms with Gasteiger partial charge in [-0.25, -0.2) is 0 Å².